The number of hydrogen-bond acceptors (Lipinski definition) is 4. The largest absolute Gasteiger partial charge is 0.481 e. The molecule has 1 spiro atoms. The highest BCUT2D eigenvalue weighted by Gasteiger charge is 2.56. The molecule has 5 rings (SSSR count). The normalized spacial score (nSPS) is 18.5. The van der Waals surface area contributed by atoms with Gasteiger partial charge in [-0.2, -0.15) is 13.2 Å². The molecule has 1 amide bonds. The summed E-state index contributed by atoms with van der Waals surface area (Å²) in [5, 5.41) is 18.1. The van der Waals surface area contributed by atoms with Gasteiger partial charge in [0.2, 0.25) is 0 Å². The van der Waals surface area contributed by atoms with Crippen LogP contribution in [0.25, 0.3) is 11.1 Å². The molecule has 38 heavy (non-hydrogen) atoms. The Morgan fingerprint density at radius 3 is 2.50 bits per heavy atom. The average molecular weight is 526 g/mol. The predicted molar refractivity (Wildman–Crippen MR) is 130 cm³/mol. The predicted octanol–water partition coefficient (Wildman–Crippen LogP) is 6.04. The minimum absolute atomic E-state index is 0.144. The average Bonchev–Trinajstić information content (AvgIpc) is 3.35. The van der Waals surface area contributed by atoms with Gasteiger partial charge in [0, 0.05) is 30.1 Å². The Morgan fingerprint density at radius 2 is 1.87 bits per heavy atom. The summed E-state index contributed by atoms with van der Waals surface area (Å²) < 4.78 is 53.5. The lowest BCUT2D eigenvalue weighted by molar-refractivity contribution is -0.143. The highest BCUT2D eigenvalue weighted by atomic mass is 19.4. The van der Waals surface area contributed by atoms with Crippen molar-refractivity contribution in [2.24, 2.45) is 0 Å². The van der Waals surface area contributed by atoms with Crippen LogP contribution in [-0.4, -0.2) is 38.6 Å². The van der Waals surface area contributed by atoms with E-state index in [4.69, 9.17) is 5.41 Å². The highest BCUT2D eigenvalue weighted by molar-refractivity contribution is 6.02. The summed E-state index contributed by atoms with van der Waals surface area (Å²) in [5.41, 5.74) is -0.239. The summed E-state index contributed by atoms with van der Waals surface area (Å²) in [6, 6.07) is 10.8. The fourth-order valence-corrected chi connectivity index (χ4v) is 5.94. The zero-order valence-electron chi connectivity index (χ0n) is 20.1. The maximum absolute atomic E-state index is 14.3. The molecule has 2 heterocycles. The first-order valence-electron chi connectivity index (χ1n) is 12.1. The third-order valence-electron chi connectivity index (χ3n) is 7.60. The summed E-state index contributed by atoms with van der Waals surface area (Å²) in [6.45, 7) is -0.223. The van der Waals surface area contributed by atoms with Crippen LogP contribution in [0, 0.1) is 11.2 Å². The van der Waals surface area contributed by atoms with Gasteiger partial charge in [-0.05, 0) is 59.9 Å². The molecule has 2 aromatic carbocycles. The Bertz CT molecular complexity index is 1450. The molecular formula is C28H23F4N3O3. The number of rotatable bonds is 5. The van der Waals surface area contributed by atoms with Crippen molar-refractivity contribution >= 4 is 18.1 Å². The lowest BCUT2D eigenvalue weighted by atomic mass is 9.71. The molecule has 3 aromatic rings. The number of nitrogens with zero attached hydrogens (tertiary/aromatic N) is 2. The molecule has 0 saturated heterocycles. The summed E-state index contributed by atoms with van der Waals surface area (Å²) in [7, 11) is 0. The number of carboxylic acid groups (broad SMARTS) is 1. The Kier molecular flexibility index (Phi) is 6.28. The first-order chi connectivity index (χ1) is 18.1. The van der Waals surface area contributed by atoms with E-state index in [-0.39, 0.29) is 17.7 Å². The zero-order chi connectivity index (χ0) is 27.2. The van der Waals surface area contributed by atoms with Gasteiger partial charge in [0.05, 0.1) is 16.8 Å². The number of carboxylic acids is 1. The van der Waals surface area contributed by atoms with Crippen LogP contribution in [0.4, 0.5) is 17.6 Å². The molecule has 1 atom stereocenters. The van der Waals surface area contributed by atoms with Crippen LogP contribution in [0.15, 0.2) is 54.7 Å². The van der Waals surface area contributed by atoms with Gasteiger partial charge >= 0.3 is 12.1 Å². The number of aliphatic carboxylic acids is 1. The van der Waals surface area contributed by atoms with Gasteiger partial charge in [-0.1, -0.05) is 31.0 Å². The highest BCUT2D eigenvalue weighted by Crippen LogP contribution is 2.51. The van der Waals surface area contributed by atoms with Crippen LogP contribution >= 0.6 is 0 Å². The summed E-state index contributed by atoms with van der Waals surface area (Å²) in [6.07, 6.45) is -0.0935. The number of nitrogens with one attached hydrogen (secondary N) is 1. The maximum atomic E-state index is 14.3. The molecule has 1 fully saturated rings. The van der Waals surface area contributed by atoms with Crippen LogP contribution < -0.4 is 0 Å². The molecule has 10 heteroatoms. The van der Waals surface area contributed by atoms with E-state index in [1.54, 1.807) is 30.5 Å². The fraction of sp³-hybridized carbons (Fsp3) is 0.286. The van der Waals surface area contributed by atoms with Gasteiger partial charge in [-0.3, -0.25) is 14.6 Å². The van der Waals surface area contributed by atoms with Crippen LogP contribution in [0.1, 0.15) is 64.3 Å². The van der Waals surface area contributed by atoms with E-state index < -0.39 is 40.9 Å². The van der Waals surface area contributed by atoms with Crippen molar-refractivity contribution in [3.8, 4) is 11.1 Å². The molecule has 1 unspecified atom stereocenters. The van der Waals surface area contributed by atoms with Gasteiger partial charge in [0.15, 0.2) is 0 Å². The van der Waals surface area contributed by atoms with Crippen LogP contribution in [0.2, 0.25) is 0 Å². The lowest BCUT2D eigenvalue weighted by Crippen LogP contribution is -2.58. The van der Waals surface area contributed by atoms with Crippen molar-refractivity contribution in [1.82, 2.24) is 9.88 Å². The first-order valence-corrected chi connectivity index (χ1v) is 12.1. The number of carbonyl (C=O) groups is 2. The number of aromatic nitrogens is 1. The number of amides is 1. The van der Waals surface area contributed by atoms with Crippen molar-refractivity contribution < 1.29 is 32.3 Å². The number of halogens is 4. The Morgan fingerprint density at radius 1 is 1.13 bits per heavy atom. The van der Waals surface area contributed by atoms with E-state index in [1.807, 2.05) is 0 Å². The van der Waals surface area contributed by atoms with Crippen molar-refractivity contribution in [2.45, 2.75) is 49.9 Å². The molecule has 196 valence electrons. The molecule has 2 N–H and O–H groups in total. The van der Waals surface area contributed by atoms with Gasteiger partial charge in [-0.15, -0.1) is 0 Å². The van der Waals surface area contributed by atoms with E-state index >= 15 is 0 Å². The van der Waals surface area contributed by atoms with E-state index in [0.29, 0.717) is 54.1 Å². The Balaban J connectivity index is 1.63. The maximum Gasteiger partial charge on any atom is 0.419 e. The molecule has 2 aliphatic rings. The minimum Gasteiger partial charge on any atom is -0.481 e. The number of benzene rings is 2. The van der Waals surface area contributed by atoms with Gasteiger partial charge in [0.1, 0.15) is 11.7 Å². The smallest absolute Gasteiger partial charge is 0.419 e. The monoisotopic (exact) mass is 525 g/mol. The van der Waals surface area contributed by atoms with Gasteiger partial charge in [0.25, 0.3) is 5.91 Å². The SMILES string of the molecule is N=Cc1ncccc1-c1ccc2c(c1)C(C(=O)O)C1(CCCC1)N(Cc1ccc(C(F)(F)F)c(F)c1)C2=O. The summed E-state index contributed by atoms with van der Waals surface area (Å²) >= 11 is 0. The Labute approximate surface area is 215 Å². The van der Waals surface area contributed by atoms with Crippen molar-refractivity contribution in [1.29, 1.82) is 5.41 Å². The molecular weight excluding hydrogens is 502 g/mol. The number of carbonyl (C=O) groups excluding carboxylic acids is 1. The van der Waals surface area contributed by atoms with Crippen molar-refractivity contribution in [2.75, 3.05) is 0 Å². The molecule has 1 aromatic heterocycles. The fourth-order valence-electron chi connectivity index (χ4n) is 5.94. The minimum atomic E-state index is -4.85. The van der Waals surface area contributed by atoms with E-state index in [9.17, 15) is 32.3 Å². The second-order valence-electron chi connectivity index (χ2n) is 9.67. The lowest BCUT2D eigenvalue weighted by Gasteiger charge is -2.49. The second kappa shape index (κ2) is 9.34. The molecule has 1 saturated carbocycles. The quantitative estimate of drug-likeness (QED) is 0.314. The Hall–Kier alpha value is -4.08. The molecule has 0 bridgehead atoms. The van der Waals surface area contributed by atoms with Gasteiger partial charge in [-0.25, -0.2) is 4.39 Å². The molecule has 1 aliphatic heterocycles. The topological polar surface area (TPSA) is 94.3 Å². The third kappa shape index (κ3) is 4.13. The first kappa shape index (κ1) is 25.6. The van der Waals surface area contributed by atoms with Crippen molar-refractivity contribution in [3.05, 3.63) is 88.5 Å². The third-order valence-corrected chi connectivity index (χ3v) is 7.60. The number of hydrogen-bond donors (Lipinski definition) is 2. The van der Waals surface area contributed by atoms with E-state index in [1.165, 1.54) is 11.0 Å². The number of alkyl halides is 3. The zero-order valence-corrected chi connectivity index (χ0v) is 20.1. The van der Waals surface area contributed by atoms with E-state index in [0.717, 1.165) is 18.3 Å². The van der Waals surface area contributed by atoms with Gasteiger partial charge < -0.3 is 15.4 Å². The van der Waals surface area contributed by atoms with Crippen LogP contribution in [0.3, 0.4) is 0 Å². The molecule has 0 radical (unpaired) electrons. The van der Waals surface area contributed by atoms with Crippen molar-refractivity contribution in [3.63, 3.8) is 0 Å². The molecule has 1 aliphatic carbocycles. The number of fused-ring (bicyclic) bond motifs is 1. The standard InChI is InChI=1S/C28H23F4N3O3/c29-22-12-16(5-8-21(22)28(30,31)32)15-35-25(36)19-7-6-17(18-4-3-11-34-23(18)14-33)13-20(19)24(26(37)38)27(35)9-1-2-10-27/h3-8,11-14,24,33H,1-2,9-10,15H2,(H,37,38). The van der Waals surface area contributed by atoms with Crippen LogP contribution in [0.5, 0.6) is 0 Å². The van der Waals surface area contributed by atoms with Crippen LogP contribution in [-0.2, 0) is 17.5 Å². The van der Waals surface area contributed by atoms with E-state index in [2.05, 4.69) is 4.98 Å². The summed E-state index contributed by atoms with van der Waals surface area (Å²) in [5.74, 6) is -4.13. The molecule has 6 nitrogen and oxygen atoms in total. The summed E-state index contributed by atoms with van der Waals surface area (Å²) in [4.78, 5) is 32.2. The number of pyridine rings is 1. The second-order valence-corrected chi connectivity index (χ2v) is 9.67.